The van der Waals surface area contributed by atoms with Crippen molar-refractivity contribution in [1.82, 2.24) is 19.9 Å². The maximum Gasteiger partial charge on any atom is 0.261 e. The number of benzene rings is 2. The zero-order valence-electron chi connectivity index (χ0n) is 20.0. The largest absolute Gasteiger partial charge is 0.449 e. The Kier molecular flexibility index (Phi) is 6.52. The predicted octanol–water partition coefficient (Wildman–Crippen LogP) is 5.43. The summed E-state index contributed by atoms with van der Waals surface area (Å²) in [6.45, 7) is 3.55. The second kappa shape index (κ2) is 10.1. The average Bonchev–Trinajstić information content (AvgIpc) is 3.32. The molecular weight excluding hydrogens is 490 g/mol. The smallest absolute Gasteiger partial charge is 0.261 e. The van der Waals surface area contributed by atoms with Crippen LogP contribution in [0.1, 0.15) is 11.7 Å². The van der Waals surface area contributed by atoms with E-state index in [1.165, 1.54) is 18.4 Å². The Hall–Kier alpha value is -4.77. The first-order chi connectivity index (χ1) is 17.8. The molecular formula is C26H23N7O3S. The van der Waals surface area contributed by atoms with Crippen molar-refractivity contribution in [3.8, 4) is 11.3 Å². The van der Waals surface area contributed by atoms with Crippen LogP contribution in [0.5, 0.6) is 0 Å². The van der Waals surface area contributed by atoms with Crippen molar-refractivity contribution in [3.05, 3.63) is 97.0 Å². The molecule has 0 saturated heterocycles. The zero-order chi connectivity index (χ0) is 25.8. The van der Waals surface area contributed by atoms with Crippen molar-refractivity contribution in [2.75, 3.05) is 15.4 Å². The topological polar surface area (TPSA) is 135 Å². The first-order valence-electron chi connectivity index (χ1n) is 11.3. The number of aromatic nitrogens is 4. The normalized spacial score (nSPS) is 11.2. The van der Waals surface area contributed by atoms with E-state index in [0.29, 0.717) is 40.6 Å². The fraction of sp³-hybridized carbons (Fsp3) is 0.0769. The molecule has 0 saturated carbocycles. The number of pyridine rings is 1. The lowest BCUT2D eigenvalue weighted by molar-refractivity contribution is 0.521. The Morgan fingerprint density at radius 1 is 0.757 bits per heavy atom. The van der Waals surface area contributed by atoms with Gasteiger partial charge in [-0.15, -0.1) is 0 Å². The molecule has 3 heterocycles. The summed E-state index contributed by atoms with van der Waals surface area (Å²) in [5, 5.41) is 6.36. The molecule has 0 unspecified atom stereocenters. The molecule has 0 fully saturated rings. The Morgan fingerprint density at radius 2 is 1.46 bits per heavy atom. The summed E-state index contributed by atoms with van der Waals surface area (Å²) in [4.78, 5) is 17.4. The van der Waals surface area contributed by atoms with Gasteiger partial charge in [0.2, 0.25) is 0 Å². The molecule has 0 aliphatic rings. The van der Waals surface area contributed by atoms with Gasteiger partial charge in [-0.05, 0) is 55.5 Å². The number of nitrogens with zero attached hydrogens (tertiary/aromatic N) is 4. The second-order valence-electron chi connectivity index (χ2n) is 8.11. The highest BCUT2D eigenvalue weighted by molar-refractivity contribution is 7.92. The van der Waals surface area contributed by atoms with Crippen LogP contribution >= 0.6 is 0 Å². The first kappa shape index (κ1) is 23.9. The molecule has 186 valence electrons. The van der Waals surface area contributed by atoms with E-state index in [1.54, 1.807) is 62.5 Å². The molecule has 0 atom stereocenters. The van der Waals surface area contributed by atoms with E-state index in [9.17, 15) is 8.42 Å². The van der Waals surface area contributed by atoms with E-state index < -0.39 is 10.0 Å². The standard InChI is InChI=1S/C26H23N7O3S/c1-17-28-25(15-26(29-17)32-24-5-3-4-14-27-24)31-20-8-10-21(11-9-20)33-37(34,35)22-12-6-19(7-13-22)23-16-36-18(2)30-23/h3-16,33H,1-2H3,(H2,27,28,29,31,32). The lowest BCUT2D eigenvalue weighted by Gasteiger charge is -2.11. The van der Waals surface area contributed by atoms with Crippen molar-refractivity contribution < 1.29 is 12.8 Å². The minimum absolute atomic E-state index is 0.142. The third kappa shape index (κ3) is 5.90. The summed E-state index contributed by atoms with van der Waals surface area (Å²) in [5.74, 6) is 2.98. The minimum Gasteiger partial charge on any atom is -0.449 e. The molecule has 37 heavy (non-hydrogen) atoms. The van der Waals surface area contributed by atoms with Crippen LogP contribution in [-0.2, 0) is 10.0 Å². The molecule has 0 bridgehead atoms. The second-order valence-corrected chi connectivity index (χ2v) is 9.79. The van der Waals surface area contributed by atoms with Gasteiger partial charge in [-0.3, -0.25) is 4.72 Å². The van der Waals surface area contributed by atoms with E-state index in [0.717, 1.165) is 11.3 Å². The molecule has 2 aromatic carbocycles. The summed E-state index contributed by atoms with van der Waals surface area (Å²) in [7, 11) is -3.77. The van der Waals surface area contributed by atoms with Gasteiger partial charge in [0.15, 0.2) is 5.89 Å². The van der Waals surface area contributed by atoms with Crippen molar-refractivity contribution in [2.24, 2.45) is 0 Å². The molecule has 0 radical (unpaired) electrons. The molecule has 0 amide bonds. The molecule has 0 aliphatic carbocycles. The highest BCUT2D eigenvalue weighted by atomic mass is 32.2. The summed E-state index contributed by atoms with van der Waals surface area (Å²) in [6, 6.07) is 20.7. The van der Waals surface area contributed by atoms with Crippen LogP contribution in [0.2, 0.25) is 0 Å². The number of oxazole rings is 1. The van der Waals surface area contributed by atoms with Gasteiger partial charge in [-0.2, -0.15) is 0 Å². The summed E-state index contributed by atoms with van der Waals surface area (Å²) >= 11 is 0. The number of aryl methyl sites for hydroxylation is 2. The van der Waals surface area contributed by atoms with Crippen LogP contribution in [0.4, 0.5) is 28.8 Å². The average molecular weight is 514 g/mol. The Balaban J connectivity index is 1.26. The third-order valence-corrected chi connectivity index (χ3v) is 6.65. The molecule has 0 spiro atoms. The summed E-state index contributed by atoms with van der Waals surface area (Å²) < 4.78 is 33.6. The number of hydrogen-bond donors (Lipinski definition) is 3. The molecule has 0 aliphatic heterocycles. The first-order valence-corrected chi connectivity index (χ1v) is 12.8. The van der Waals surface area contributed by atoms with Crippen LogP contribution in [-0.4, -0.2) is 28.4 Å². The monoisotopic (exact) mass is 513 g/mol. The van der Waals surface area contributed by atoms with Gasteiger partial charge in [-0.1, -0.05) is 18.2 Å². The van der Waals surface area contributed by atoms with Crippen molar-refractivity contribution >= 4 is 38.9 Å². The van der Waals surface area contributed by atoms with Gasteiger partial charge in [-0.25, -0.2) is 28.4 Å². The van der Waals surface area contributed by atoms with Gasteiger partial charge < -0.3 is 15.1 Å². The quantitative estimate of drug-likeness (QED) is 0.248. The minimum atomic E-state index is -3.77. The Labute approximate surface area is 213 Å². The lowest BCUT2D eigenvalue weighted by atomic mass is 10.2. The van der Waals surface area contributed by atoms with Crippen LogP contribution < -0.4 is 15.4 Å². The summed E-state index contributed by atoms with van der Waals surface area (Å²) in [5.41, 5.74) is 2.58. The van der Waals surface area contributed by atoms with E-state index in [-0.39, 0.29) is 4.90 Å². The molecule has 3 N–H and O–H groups in total. The number of anilines is 5. The van der Waals surface area contributed by atoms with Crippen LogP contribution in [0.15, 0.2) is 94.6 Å². The fourth-order valence-corrected chi connectivity index (χ4v) is 4.61. The highest BCUT2D eigenvalue weighted by Gasteiger charge is 2.15. The zero-order valence-corrected chi connectivity index (χ0v) is 20.8. The molecule has 5 aromatic rings. The van der Waals surface area contributed by atoms with Gasteiger partial charge >= 0.3 is 0 Å². The highest BCUT2D eigenvalue weighted by Crippen LogP contribution is 2.24. The van der Waals surface area contributed by atoms with Crippen LogP contribution in [0.25, 0.3) is 11.3 Å². The number of rotatable bonds is 8. The van der Waals surface area contributed by atoms with E-state index >= 15 is 0 Å². The number of nitrogens with one attached hydrogen (secondary N) is 3. The third-order valence-electron chi connectivity index (χ3n) is 5.25. The maximum atomic E-state index is 12.9. The molecule has 3 aromatic heterocycles. The van der Waals surface area contributed by atoms with Crippen LogP contribution in [0, 0.1) is 13.8 Å². The fourth-order valence-electron chi connectivity index (χ4n) is 3.55. The van der Waals surface area contributed by atoms with Gasteiger partial charge in [0.25, 0.3) is 10.0 Å². The summed E-state index contributed by atoms with van der Waals surface area (Å²) in [6.07, 6.45) is 3.23. The van der Waals surface area contributed by atoms with Crippen molar-refractivity contribution in [2.45, 2.75) is 18.7 Å². The Morgan fingerprint density at radius 3 is 2.11 bits per heavy atom. The van der Waals surface area contributed by atoms with Crippen molar-refractivity contribution in [1.29, 1.82) is 0 Å². The van der Waals surface area contributed by atoms with E-state index in [1.807, 2.05) is 18.2 Å². The van der Waals surface area contributed by atoms with Gasteiger partial charge in [0.05, 0.1) is 4.90 Å². The SMILES string of the molecule is Cc1nc(Nc2ccc(NS(=O)(=O)c3ccc(-c4coc(C)n4)cc3)cc2)cc(Nc2ccccn2)n1. The van der Waals surface area contributed by atoms with E-state index in [4.69, 9.17) is 4.42 Å². The molecule has 10 nitrogen and oxygen atoms in total. The van der Waals surface area contributed by atoms with Gasteiger partial charge in [0.1, 0.15) is 35.2 Å². The molecule has 11 heteroatoms. The van der Waals surface area contributed by atoms with Crippen LogP contribution in [0.3, 0.4) is 0 Å². The lowest BCUT2D eigenvalue weighted by Crippen LogP contribution is -2.12. The maximum absolute atomic E-state index is 12.9. The Bertz CT molecular complexity index is 1620. The molecule has 5 rings (SSSR count). The number of hydrogen-bond acceptors (Lipinski definition) is 9. The predicted molar refractivity (Wildman–Crippen MR) is 141 cm³/mol. The number of sulfonamides is 1. The van der Waals surface area contributed by atoms with Crippen molar-refractivity contribution in [3.63, 3.8) is 0 Å². The van der Waals surface area contributed by atoms with Gasteiger partial charge in [0, 0.05) is 36.1 Å². The van der Waals surface area contributed by atoms with E-state index in [2.05, 4.69) is 35.3 Å².